The van der Waals surface area contributed by atoms with Crippen molar-refractivity contribution in [3.63, 3.8) is 0 Å². The molecule has 0 radical (unpaired) electrons. The molecule has 0 bridgehead atoms. The average Bonchev–Trinajstić information content (AvgIpc) is 2.70. The van der Waals surface area contributed by atoms with Gasteiger partial charge in [-0.15, -0.1) is 0 Å². The number of nitrogens with one attached hydrogen (secondary N) is 1. The summed E-state index contributed by atoms with van der Waals surface area (Å²) in [4.78, 5) is 27.7. The molecule has 0 saturated heterocycles. The van der Waals surface area contributed by atoms with Gasteiger partial charge in [-0.2, -0.15) is 0 Å². The lowest BCUT2D eigenvalue weighted by Crippen LogP contribution is -2.52. The van der Waals surface area contributed by atoms with Crippen LogP contribution in [0.3, 0.4) is 0 Å². The third-order valence-corrected chi connectivity index (χ3v) is 6.77. The standard InChI is InChI=1S/C24H32BrN3O4S/c1-16(2)26-24(30)19(5)27(14-20-8-7-9-21(25)13-20)23(29)15-28(33(6,31)32)22-12-17(3)10-11-18(22)4/h7-13,16,19H,14-15H2,1-6H3,(H,26,30)/t19-/m1/s1. The number of carbonyl (C=O) groups excluding carboxylic acids is 2. The number of anilines is 1. The molecule has 180 valence electrons. The first-order valence-corrected chi connectivity index (χ1v) is 13.3. The van der Waals surface area contributed by atoms with E-state index in [1.54, 1.807) is 19.9 Å². The second-order valence-electron chi connectivity index (χ2n) is 8.55. The molecule has 0 aliphatic carbocycles. The van der Waals surface area contributed by atoms with Crippen LogP contribution in [0.25, 0.3) is 0 Å². The highest BCUT2D eigenvalue weighted by molar-refractivity contribution is 9.10. The summed E-state index contributed by atoms with van der Waals surface area (Å²) >= 11 is 3.43. The molecular weight excluding hydrogens is 506 g/mol. The van der Waals surface area contributed by atoms with E-state index in [2.05, 4.69) is 21.2 Å². The van der Waals surface area contributed by atoms with E-state index in [4.69, 9.17) is 0 Å². The minimum atomic E-state index is -3.75. The van der Waals surface area contributed by atoms with Gasteiger partial charge >= 0.3 is 0 Å². The van der Waals surface area contributed by atoms with Crippen LogP contribution in [0.1, 0.15) is 37.5 Å². The number of hydrogen-bond acceptors (Lipinski definition) is 4. The molecule has 0 fully saturated rings. The van der Waals surface area contributed by atoms with Crippen LogP contribution in [0, 0.1) is 13.8 Å². The van der Waals surface area contributed by atoms with Gasteiger partial charge in [-0.05, 0) is 69.5 Å². The van der Waals surface area contributed by atoms with Gasteiger partial charge in [0, 0.05) is 17.1 Å². The van der Waals surface area contributed by atoms with Gasteiger partial charge in [0.1, 0.15) is 12.6 Å². The molecular formula is C24H32BrN3O4S. The maximum absolute atomic E-state index is 13.5. The van der Waals surface area contributed by atoms with Gasteiger partial charge in [0.2, 0.25) is 21.8 Å². The zero-order valence-electron chi connectivity index (χ0n) is 19.9. The van der Waals surface area contributed by atoms with Crippen LogP contribution in [-0.4, -0.2) is 50.0 Å². The molecule has 0 heterocycles. The first-order valence-electron chi connectivity index (χ1n) is 10.7. The zero-order valence-corrected chi connectivity index (χ0v) is 22.3. The summed E-state index contributed by atoms with van der Waals surface area (Å²) in [6.45, 7) is 8.76. The molecule has 0 saturated carbocycles. The maximum atomic E-state index is 13.5. The highest BCUT2D eigenvalue weighted by atomic mass is 79.9. The molecule has 0 aliphatic heterocycles. The van der Waals surface area contributed by atoms with Crippen molar-refractivity contribution >= 4 is 43.5 Å². The molecule has 2 amide bonds. The quantitative estimate of drug-likeness (QED) is 0.527. The van der Waals surface area contributed by atoms with E-state index in [0.717, 1.165) is 31.7 Å². The normalized spacial score (nSPS) is 12.4. The summed E-state index contributed by atoms with van der Waals surface area (Å²) in [7, 11) is -3.75. The molecule has 2 aromatic carbocycles. The lowest BCUT2D eigenvalue weighted by molar-refractivity contribution is -0.139. The first-order chi connectivity index (χ1) is 15.3. The number of amides is 2. The number of rotatable bonds is 9. The molecule has 33 heavy (non-hydrogen) atoms. The number of aryl methyl sites for hydroxylation is 2. The van der Waals surface area contributed by atoms with Gasteiger partial charge in [-0.25, -0.2) is 8.42 Å². The largest absolute Gasteiger partial charge is 0.352 e. The Balaban J connectivity index is 2.44. The summed E-state index contributed by atoms with van der Waals surface area (Å²) in [5, 5.41) is 2.83. The van der Waals surface area contributed by atoms with E-state index in [9.17, 15) is 18.0 Å². The predicted molar refractivity (Wildman–Crippen MR) is 136 cm³/mol. The van der Waals surface area contributed by atoms with E-state index in [1.807, 2.05) is 57.2 Å². The fourth-order valence-corrected chi connectivity index (χ4v) is 4.75. The van der Waals surface area contributed by atoms with E-state index < -0.39 is 28.5 Å². The van der Waals surface area contributed by atoms with Crippen LogP contribution in [-0.2, 0) is 26.2 Å². The lowest BCUT2D eigenvalue weighted by Gasteiger charge is -2.32. The molecule has 2 aromatic rings. The van der Waals surface area contributed by atoms with Crippen molar-refractivity contribution in [1.82, 2.24) is 10.2 Å². The van der Waals surface area contributed by atoms with Gasteiger partial charge in [0.15, 0.2) is 0 Å². The number of hydrogen-bond donors (Lipinski definition) is 1. The fourth-order valence-electron chi connectivity index (χ4n) is 3.40. The van der Waals surface area contributed by atoms with Crippen molar-refractivity contribution in [3.8, 4) is 0 Å². The minimum absolute atomic E-state index is 0.0924. The van der Waals surface area contributed by atoms with Gasteiger partial charge in [-0.3, -0.25) is 13.9 Å². The molecule has 0 aromatic heterocycles. The number of nitrogens with zero attached hydrogens (tertiary/aromatic N) is 2. The Morgan fingerprint density at radius 1 is 1.06 bits per heavy atom. The van der Waals surface area contributed by atoms with Crippen molar-refractivity contribution in [3.05, 3.63) is 63.6 Å². The van der Waals surface area contributed by atoms with Crippen molar-refractivity contribution in [2.24, 2.45) is 0 Å². The predicted octanol–water partition coefficient (Wildman–Crippen LogP) is 3.77. The van der Waals surface area contributed by atoms with Gasteiger partial charge in [0.25, 0.3) is 0 Å². The Hall–Kier alpha value is -2.39. The number of benzene rings is 2. The highest BCUT2D eigenvalue weighted by Gasteiger charge is 2.30. The molecule has 7 nitrogen and oxygen atoms in total. The summed E-state index contributed by atoms with van der Waals surface area (Å²) in [6.07, 6.45) is 1.08. The van der Waals surface area contributed by atoms with Gasteiger partial charge in [-0.1, -0.05) is 40.2 Å². The Labute approximate surface area is 205 Å². The molecule has 1 atom stereocenters. The topological polar surface area (TPSA) is 86.8 Å². The van der Waals surface area contributed by atoms with Crippen LogP contribution in [0.4, 0.5) is 5.69 Å². The first kappa shape index (κ1) is 26.9. The van der Waals surface area contributed by atoms with Crippen molar-refractivity contribution in [2.45, 2.75) is 53.2 Å². The van der Waals surface area contributed by atoms with E-state index >= 15 is 0 Å². The monoisotopic (exact) mass is 537 g/mol. The smallest absolute Gasteiger partial charge is 0.244 e. The van der Waals surface area contributed by atoms with Crippen molar-refractivity contribution in [1.29, 1.82) is 0 Å². The summed E-state index contributed by atoms with van der Waals surface area (Å²) < 4.78 is 27.3. The van der Waals surface area contributed by atoms with Crippen molar-refractivity contribution < 1.29 is 18.0 Å². The average molecular weight is 539 g/mol. The van der Waals surface area contributed by atoms with E-state index in [1.165, 1.54) is 4.90 Å². The Morgan fingerprint density at radius 2 is 1.73 bits per heavy atom. The van der Waals surface area contributed by atoms with E-state index in [-0.39, 0.29) is 18.5 Å². The van der Waals surface area contributed by atoms with Gasteiger partial charge < -0.3 is 10.2 Å². The Kier molecular flexibility index (Phi) is 9.08. The van der Waals surface area contributed by atoms with Crippen LogP contribution >= 0.6 is 15.9 Å². The molecule has 1 N–H and O–H groups in total. The number of sulfonamides is 1. The Bertz CT molecular complexity index is 1120. The Morgan fingerprint density at radius 3 is 2.30 bits per heavy atom. The van der Waals surface area contributed by atoms with Crippen LogP contribution < -0.4 is 9.62 Å². The minimum Gasteiger partial charge on any atom is -0.352 e. The SMILES string of the molecule is Cc1ccc(C)c(N(CC(=O)N(Cc2cccc(Br)c2)[C@H](C)C(=O)NC(C)C)S(C)(=O)=O)c1. The number of carbonyl (C=O) groups is 2. The third kappa shape index (κ3) is 7.57. The summed E-state index contributed by atoms with van der Waals surface area (Å²) in [5.41, 5.74) is 2.89. The van der Waals surface area contributed by atoms with Crippen LogP contribution in [0.5, 0.6) is 0 Å². The molecule has 0 spiro atoms. The molecule has 0 aliphatic rings. The second-order valence-corrected chi connectivity index (χ2v) is 11.4. The highest BCUT2D eigenvalue weighted by Crippen LogP contribution is 2.25. The maximum Gasteiger partial charge on any atom is 0.244 e. The lowest BCUT2D eigenvalue weighted by atomic mass is 10.1. The second kappa shape index (κ2) is 11.2. The molecule has 9 heteroatoms. The van der Waals surface area contributed by atoms with Gasteiger partial charge in [0.05, 0.1) is 11.9 Å². The fraction of sp³-hybridized carbons (Fsp3) is 0.417. The number of halogens is 1. The van der Waals surface area contributed by atoms with Crippen LogP contribution in [0.2, 0.25) is 0 Å². The third-order valence-electron chi connectivity index (χ3n) is 5.15. The molecule has 0 unspecified atom stereocenters. The summed E-state index contributed by atoms with van der Waals surface area (Å²) in [5.74, 6) is -0.765. The van der Waals surface area contributed by atoms with Crippen molar-refractivity contribution in [2.75, 3.05) is 17.1 Å². The molecule has 2 rings (SSSR count). The van der Waals surface area contributed by atoms with Crippen LogP contribution in [0.15, 0.2) is 46.9 Å². The summed E-state index contributed by atoms with van der Waals surface area (Å²) in [6, 6.07) is 12.0. The zero-order chi connectivity index (χ0) is 24.9. The van der Waals surface area contributed by atoms with E-state index in [0.29, 0.717) is 5.69 Å².